The van der Waals surface area contributed by atoms with Crippen molar-refractivity contribution in [2.24, 2.45) is 0 Å². The third kappa shape index (κ3) is 5.02. The lowest BCUT2D eigenvalue weighted by atomic mass is 10.3. The zero-order chi connectivity index (χ0) is 14.9. The number of methoxy groups -OCH3 is 1. The Morgan fingerprint density at radius 1 is 1.19 bits per heavy atom. The Hall–Kier alpha value is -2.18. The van der Waals surface area contributed by atoms with Crippen molar-refractivity contribution >= 4 is 11.7 Å². The van der Waals surface area contributed by atoms with Crippen molar-refractivity contribution in [3.05, 3.63) is 42.6 Å². The summed E-state index contributed by atoms with van der Waals surface area (Å²) in [5.74, 6) is 0.409. The van der Waals surface area contributed by atoms with Gasteiger partial charge in [0.1, 0.15) is 0 Å². The largest absolute Gasteiger partial charge is 0.382 e. The molecule has 0 aliphatic heterocycles. The molecule has 0 aliphatic rings. The molecule has 0 aliphatic carbocycles. The first-order valence-corrected chi connectivity index (χ1v) is 6.77. The number of aromatic nitrogens is 2. The summed E-state index contributed by atoms with van der Waals surface area (Å²) in [5.41, 5.74) is 0.945. The van der Waals surface area contributed by atoms with Crippen LogP contribution < -0.4 is 5.32 Å². The number of carbonyl (C=O) groups is 1. The molecule has 0 saturated heterocycles. The van der Waals surface area contributed by atoms with Crippen molar-refractivity contribution in [1.29, 1.82) is 0 Å². The molecule has 0 bridgehead atoms. The zero-order valence-corrected chi connectivity index (χ0v) is 12.0. The average Bonchev–Trinajstić information content (AvgIpc) is 2.96. The fourth-order valence-electron chi connectivity index (χ4n) is 1.73. The Bertz CT molecular complexity index is 554. The van der Waals surface area contributed by atoms with E-state index >= 15 is 0 Å². The number of hydrogen-bond acceptors (Lipinski definition) is 4. The second-order valence-corrected chi connectivity index (χ2v) is 4.38. The first-order valence-electron chi connectivity index (χ1n) is 6.77. The summed E-state index contributed by atoms with van der Waals surface area (Å²) in [6, 6.07) is 11.5. The molecule has 0 atom stereocenters. The molecule has 1 N–H and O–H groups in total. The molecule has 0 fully saturated rings. The smallest absolute Gasteiger partial charge is 0.227 e. The van der Waals surface area contributed by atoms with Gasteiger partial charge in [-0.05, 0) is 12.1 Å². The predicted octanol–water partition coefficient (Wildman–Crippen LogP) is 1.86. The summed E-state index contributed by atoms with van der Waals surface area (Å²) in [6.45, 7) is 1.39. The van der Waals surface area contributed by atoms with Crippen LogP contribution in [-0.2, 0) is 14.3 Å². The topological polar surface area (TPSA) is 65.4 Å². The monoisotopic (exact) mass is 289 g/mol. The van der Waals surface area contributed by atoms with Crippen LogP contribution in [0.3, 0.4) is 0 Å². The molecule has 1 amide bonds. The van der Waals surface area contributed by atoms with Gasteiger partial charge in [0.05, 0.1) is 31.9 Å². The molecule has 1 aromatic carbocycles. The molecule has 112 valence electrons. The third-order valence-electron chi connectivity index (χ3n) is 2.78. The molecule has 6 nitrogen and oxygen atoms in total. The lowest BCUT2D eigenvalue weighted by Crippen LogP contribution is -2.15. The van der Waals surface area contributed by atoms with Crippen LogP contribution in [0.1, 0.15) is 6.42 Å². The molecular formula is C15H19N3O3. The third-order valence-corrected chi connectivity index (χ3v) is 2.78. The van der Waals surface area contributed by atoms with E-state index in [9.17, 15) is 4.79 Å². The number of nitrogens with zero attached hydrogens (tertiary/aromatic N) is 2. The van der Waals surface area contributed by atoms with Crippen LogP contribution in [0, 0.1) is 0 Å². The maximum atomic E-state index is 11.7. The van der Waals surface area contributed by atoms with Crippen LogP contribution in [-0.4, -0.2) is 42.6 Å². The van der Waals surface area contributed by atoms with Gasteiger partial charge in [0.2, 0.25) is 5.91 Å². The number of benzene rings is 1. The molecule has 0 spiro atoms. The number of anilines is 1. The summed E-state index contributed by atoms with van der Waals surface area (Å²) in [6.07, 6.45) is 2.10. The van der Waals surface area contributed by atoms with Gasteiger partial charge in [-0.2, -0.15) is 5.10 Å². The van der Waals surface area contributed by atoms with Crippen molar-refractivity contribution < 1.29 is 14.3 Å². The molecule has 6 heteroatoms. The van der Waals surface area contributed by atoms with E-state index in [1.807, 2.05) is 30.3 Å². The van der Waals surface area contributed by atoms with Crippen LogP contribution in [0.15, 0.2) is 42.6 Å². The van der Waals surface area contributed by atoms with Crippen LogP contribution in [0.4, 0.5) is 5.82 Å². The van der Waals surface area contributed by atoms with Crippen molar-refractivity contribution in [1.82, 2.24) is 9.78 Å². The van der Waals surface area contributed by atoms with E-state index in [0.717, 1.165) is 5.69 Å². The normalized spacial score (nSPS) is 10.5. The molecule has 21 heavy (non-hydrogen) atoms. The van der Waals surface area contributed by atoms with Crippen LogP contribution in [0.25, 0.3) is 5.69 Å². The molecule has 2 rings (SSSR count). The predicted molar refractivity (Wildman–Crippen MR) is 79.5 cm³/mol. The quantitative estimate of drug-likeness (QED) is 0.753. The zero-order valence-electron chi connectivity index (χ0n) is 12.0. The maximum absolute atomic E-state index is 11.7. The van der Waals surface area contributed by atoms with Crippen LogP contribution >= 0.6 is 0 Å². The molecule has 0 radical (unpaired) electrons. The number of amides is 1. The van der Waals surface area contributed by atoms with Crippen LogP contribution in [0.2, 0.25) is 0 Å². The highest BCUT2D eigenvalue weighted by molar-refractivity contribution is 5.89. The second kappa shape index (κ2) is 8.18. The molecule has 2 aromatic rings. The van der Waals surface area contributed by atoms with Gasteiger partial charge < -0.3 is 14.8 Å². The van der Waals surface area contributed by atoms with Gasteiger partial charge in [0.25, 0.3) is 0 Å². The SMILES string of the molecule is COCCOCCC(=O)Nc1ccn(-c2ccccc2)n1. The fourth-order valence-corrected chi connectivity index (χ4v) is 1.73. The first-order chi connectivity index (χ1) is 10.3. The summed E-state index contributed by atoms with van der Waals surface area (Å²) in [7, 11) is 1.61. The fraction of sp³-hybridized carbons (Fsp3) is 0.333. The van der Waals surface area contributed by atoms with Crippen molar-refractivity contribution in [3.63, 3.8) is 0 Å². The van der Waals surface area contributed by atoms with Gasteiger partial charge in [0, 0.05) is 19.4 Å². The summed E-state index contributed by atoms with van der Waals surface area (Å²) in [4.78, 5) is 11.7. The van der Waals surface area contributed by atoms with E-state index < -0.39 is 0 Å². The number of carbonyl (C=O) groups excluding carboxylic acids is 1. The van der Waals surface area contributed by atoms with Gasteiger partial charge in [-0.25, -0.2) is 4.68 Å². The number of para-hydroxylation sites is 1. The molecular weight excluding hydrogens is 270 g/mol. The molecule has 1 heterocycles. The Kier molecular flexibility index (Phi) is 5.93. The van der Waals surface area contributed by atoms with E-state index in [2.05, 4.69) is 10.4 Å². The molecule has 1 aromatic heterocycles. The number of nitrogens with one attached hydrogen (secondary N) is 1. The van der Waals surface area contributed by atoms with Gasteiger partial charge in [-0.15, -0.1) is 0 Å². The van der Waals surface area contributed by atoms with Gasteiger partial charge in [0.15, 0.2) is 5.82 Å². The van der Waals surface area contributed by atoms with E-state index in [1.54, 1.807) is 24.1 Å². The van der Waals surface area contributed by atoms with E-state index in [4.69, 9.17) is 9.47 Å². The van der Waals surface area contributed by atoms with E-state index in [1.165, 1.54) is 0 Å². The standard InChI is InChI=1S/C15H19N3O3/c1-20-11-12-21-10-8-15(19)16-14-7-9-18(17-14)13-5-3-2-4-6-13/h2-7,9H,8,10-12H2,1H3,(H,16,17,19). The van der Waals surface area contributed by atoms with Crippen molar-refractivity contribution in [3.8, 4) is 5.69 Å². The van der Waals surface area contributed by atoms with Gasteiger partial charge in [-0.3, -0.25) is 4.79 Å². The highest BCUT2D eigenvalue weighted by Crippen LogP contribution is 2.09. The Labute approximate surface area is 123 Å². The lowest BCUT2D eigenvalue weighted by molar-refractivity contribution is -0.117. The number of rotatable bonds is 8. The molecule has 0 unspecified atom stereocenters. The number of hydrogen-bond donors (Lipinski definition) is 1. The highest BCUT2D eigenvalue weighted by atomic mass is 16.5. The second-order valence-electron chi connectivity index (χ2n) is 4.38. The van der Waals surface area contributed by atoms with Gasteiger partial charge >= 0.3 is 0 Å². The minimum absolute atomic E-state index is 0.120. The first kappa shape index (κ1) is 15.2. The highest BCUT2D eigenvalue weighted by Gasteiger charge is 2.05. The van der Waals surface area contributed by atoms with E-state index in [-0.39, 0.29) is 5.91 Å². The number of ether oxygens (including phenoxy) is 2. The summed E-state index contributed by atoms with van der Waals surface area (Å²) in [5, 5.41) is 7.04. The van der Waals surface area contributed by atoms with Crippen LogP contribution in [0.5, 0.6) is 0 Å². The maximum Gasteiger partial charge on any atom is 0.227 e. The van der Waals surface area contributed by atoms with E-state index in [0.29, 0.717) is 32.1 Å². The van der Waals surface area contributed by atoms with Crippen molar-refractivity contribution in [2.45, 2.75) is 6.42 Å². The average molecular weight is 289 g/mol. The minimum atomic E-state index is -0.120. The Morgan fingerprint density at radius 2 is 2.00 bits per heavy atom. The summed E-state index contributed by atoms with van der Waals surface area (Å²) >= 11 is 0. The summed E-state index contributed by atoms with van der Waals surface area (Å²) < 4.78 is 11.8. The minimum Gasteiger partial charge on any atom is -0.382 e. The Morgan fingerprint density at radius 3 is 2.76 bits per heavy atom. The lowest BCUT2D eigenvalue weighted by Gasteiger charge is -2.04. The van der Waals surface area contributed by atoms with Crippen molar-refractivity contribution in [2.75, 3.05) is 32.2 Å². The molecule has 0 saturated carbocycles. The van der Waals surface area contributed by atoms with Gasteiger partial charge in [-0.1, -0.05) is 18.2 Å². The Balaban J connectivity index is 1.78.